The Hall–Kier alpha value is -4.79. The Morgan fingerprint density at radius 1 is 0.723 bits per heavy atom. The first-order valence-electron chi connectivity index (χ1n) is 22.5. The zero-order chi connectivity index (χ0) is 46.8. The number of hydrogen-bond donors (Lipinski definition) is 3. The van der Waals surface area contributed by atoms with E-state index in [4.69, 9.17) is 14.2 Å². The molecule has 2 aliphatic heterocycles. The van der Waals surface area contributed by atoms with Gasteiger partial charge in [0.25, 0.3) is 11.9 Å². The van der Waals surface area contributed by atoms with E-state index in [1.165, 1.54) is 4.90 Å². The molecule has 4 aliphatic rings. The summed E-state index contributed by atoms with van der Waals surface area (Å²) in [6, 6.07) is 6.65. The van der Waals surface area contributed by atoms with Gasteiger partial charge in [-0.2, -0.15) is 20.2 Å². The van der Waals surface area contributed by atoms with Crippen LogP contribution >= 0.6 is 0 Å². The molecule has 0 unspecified atom stereocenters. The predicted octanol–water partition coefficient (Wildman–Crippen LogP) is 7.60. The van der Waals surface area contributed by atoms with Crippen LogP contribution in [0.15, 0.2) is 24.3 Å². The fourth-order valence-corrected chi connectivity index (χ4v) is 8.76. The molecule has 3 N–H and O–H groups in total. The highest BCUT2D eigenvalue weighted by atomic mass is 19.3. The standard InChI is InChI=1S/C25H35F2N5O4.C20H27F2N5O2/c1-15-12-16(2)32(30-15)22-28-19(18-14-35-11-8-20(18)33)13-21(29-22)31(23(34)36-24(3,4)5)17-6-9-25(26,27)10-7-17;1-12-9-13(2)27(26-12)19-24-16(15-11-29-8-5-17(15)28)10-18(25-19)23-14-3-6-20(21,22)7-4-14/h12-13,17-18,20,33H,6-11,14H2,1-5H3;9-10,14-15,17,28H,3-8,11H2,1-2H3,(H,23,24,25)/t18-,20-;15-,17-/m11/s1. The molecule has 4 aromatic rings. The first-order chi connectivity index (χ1) is 30.6. The van der Waals surface area contributed by atoms with Crippen molar-refractivity contribution in [3.8, 4) is 11.9 Å². The molecular formula is C45H62F4N10O6. The largest absolute Gasteiger partial charge is 0.443 e. The molecule has 4 atom stereocenters. The number of alkyl halides is 4. The molecule has 2 saturated heterocycles. The minimum Gasteiger partial charge on any atom is -0.443 e. The van der Waals surface area contributed by atoms with Gasteiger partial charge in [0.15, 0.2) is 0 Å². The van der Waals surface area contributed by atoms with Gasteiger partial charge >= 0.3 is 6.09 Å². The van der Waals surface area contributed by atoms with Gasteiger partial charge in [0.1, 0.15) is 17.2 Å². The van der Waals surface area contributed by atoms with E-state index in [1.54, 1.807) is 42.3 Å². The topological polar surface area (TPSA) is 188 Å². The summed E-state index contributed by atoms with van der Waals surface area (Å²) in [4.78, 5) is 33.4. The molecule has 1 amide bonds. The Morgan fingerprint density at radius 3 is 1.66 bits per heavy atom. The summed E-state index contributed by atoms with van der Waals surface area (Å²) in [5, 5.41) is 33.4. The van der Waals surface area contributed by atoms with Gasteiger partial charge in [0.05, 0.1) is 60.0 Å². The smallest absolute Gasteiger partial charge is 0.416 e. The van der Waals surface area contributed by atoms with E-state index in [0.29, 0.717) is 68.7 Å². The number of carbonyl (C=O) groups excluding carboxylic acids is 1. The van der Waals surface area contributed by atoms with E-state index in [1.807, 2.05) is 39.8 Å². The highest BCUT2D eigenvalue weighted by Crippen LogP contribution is 2.39. The third-order valence-electron chi connectivity index (χ3n) is 12.2. The summed E-state index contributed by atoms with van der Waals surface area (Å²) in [7, 11) is 0. The van der Waals surface area contributed by atoms with Crippen molar-refractivity contribution in [2.75, 3.05) is 36.6 Å². The number of hydrogen-bond acceptors (Lipinski definition) is 13. The van der Waals surface area contributed by atoms with E-state index < -0.39 is 47.7 Å². The van der Waals surface area contributed by atoms with Crippen molar-refractivity contribution in [1.82, 2.24) is 39.5 Å². The Kier molecular flexibility index (Phi) is 14.5. The van der Waals surface area contributed by atoms with Crippen molar-refractivity contribution in [3.05, 3.63) is 58.4 Å². The van der Waals surface area contributed by atoms with Crippen LogP contribution in [0.4, 0.5) is 34.0 Å². The summed E-state index contributed by atoms with van der Waals surface area (Å²) in [6.45, 7) is 14.4. The number of nitrogens with zero attached hydrogens (tertiary/aromatic N) is 9. The Morgan fingerprint density at radius 2 is 1.20 bits per heavy atom. The lowest BCUT2D eigenvalue weighted by molar-refractivity contribution is -0.0389. The van der Waals surface area contributed by atoms with E-state index in [0.717, 1.165) is 22.8 Å². The molecule has 0 aromatic carbocycles. The first kappa shape index (κ1) is 48.2. The van der Waals surface area contributed by atoms with Crippen LogP contribution in [0.2, 0.25) is 0 Å². The molecule has 2 saturated carbocycles. The number of halogens is 4. The minimum absolute atomic E-state index is 0.0711. The molecule has 4 aromatic heterocycles. The minimum atomic E-state index is -2.76. The third-order valence-corrected chi connectivity index (χ3v) is 12.2. The first-order valence-corrected chi connectivity index (χ1v) is 22.5. The monoisotopic (exact) mass is 914 g/mol. The lowest BCUT2D eigenvalue weighted by Crippen LogP contribution is -2.47. The maximum Gasteiger partial charge on any atom is 0.416 e. The second kappa shape index (κ2) is 19.6. The van der Waals surface area contributed by atoms with Crippen LogP contribution in [0, 0.1) is 27.7 Å². The summed E-state index contributed by atoms with van der Waals surface area (Å²) in [5.41, 5.74) is 3.66. The van der Waals surface area contributed by atoms with Crippen molar-refractivity contribution in [2.24, 2.45) is 0 Å². The van der Waals surface area contributed by atoms with Gasteiger partial charge in [-0.1, -0.05) is 0 Å². The molecule has 65 heavy (non-hydrogen) atoms. The van der Waals surface area contributed by atoms with Crippen LogP contribution < -0.4 is 10.2 Å². The number of amides is 1. The number of ether oxygens (including phenoxy) is 3. The normalized spacial score (nSPS) is 23.9. The number of aliphatic hydroxyl groups is 2. The van der Waals surface area contributed by atoms with E-state index in [2.05, 4.69) is 35.5 Å². The van der Waals surface area contributed by atoms with Gasteiger partial charge in [-0.3, -0.25) is 4.90 Å². The van der Waals surface area contributed by atoms with Crippen LogP contribution in [-0.2, 0) is 14.2 Å². The van der Waals surface area contributed by atoms with Gasteiger partial charge in [0, 0.05) is 74.5 Å². The number of aromatic nitrogens is 8. The van der Waals surface area contributed by atoms with Gasteiger partial charge in [-0.25, -0.2) is 41.7 Å². The number of rotatable bonds is 8. The Bertz CT molecular complexity index is 2260. The third kappa shape index (κ3) is 12.2. The Balaban J connectivity index is 0.000000198. The molecule has 0 bridgehead atoms. The number of aryl methyl sites for hydroxylation is 4. The molecule has 0 spiro atoms. The van der Waals surface area contributed by atoms with Crippen molar-refractivity contribution >= 4 is 17.7 Å². The molecule has 16 nitrogen and oxygen atoms in total. The van der Waals surface area contributed by atoms with Crippen LogP contribution in [-0.4, -0.2) is 124 Å². The molecule has 356 valence electrons. The summed E-state index contributed by atoms with van der Waals surface area (Å²) in [6.07, 6.45) is -0.808. The zero-order valence-electron chi connectivity index (χ0n) is 38.2. The summed E-state index contributed by atoms with van der Waals surface area (Å²) < 4.78 is 75.0. The van der Waals surface area contributed by atoms with E-state index in [9.17, 15) is 32.6 Å². The van der Waals surface area contributed by atoms with Gasteiger partial charge in [-0.05, 0) is 99.1 Å². The van der Waals surface area contributed by atoms with Crippen molar-refractivity contribution in [1.29, 1.82) is 0 Å². The van der Waals surface area contributed by atoms with E-state index in [-0.39, 0.29) is 68.9 Å². The summed E-state index contributed by atoms with van der Waals surface area (Å²) in [5.74, 6) is -4.63. The lowest BCUT2D eigenvalue weighted by Gasteiger charge is -2.37. The zero-order valence-corrected chi connectivity index (χ0v) is 38.2. The molecule has 2 aliphatic carbocycles. The number of anilines is 2. The lowest BCUT2D eigenvalue weighted by atomic mass is 9.91. The number of aliphatic hydroxyl groups excluding tert-OH is 2. The van der Waals surface area contributed by atoms with Crippen molar-refractivity contribution in [2.45, 2.75) is 166 Å². The summed E-state index contributed by atoms with van der Waals surface area (Å²) >= 11 is 0. The van der Waals surface area contributed by atoms with Gasteiger partial charge in [-0.15, -0.1) is 0 Å². The predicted molar refractivity (Wildman–Crippen MR) is 232 cm³/mol. The van der Waals surface area contributed by atoms with Crippen LogP contribution in [0.5, 0.6) is 0 Å². The van der Waals surface area contributed by atoms with Gasteiger partial charge in [0.2, 0.25) is 11.8 Å². The molecular weight excluding hydrogens is 853 g/mol. The van der Waals surface area contributed by atoms with Crippen LogP contribution in [0.3, 0.4) is 0 Å². The average Bonchev–Trinajstić information content (AvgIpc) is 3.76. The Labute approximate surface area is 376 Å². The maximum absolute atomic E-state index is 14.0. The fraction of sp³-hybridized carbons (Fsp3) is 0.667. The van der Waals surface area contributed by atoms with Gasteiger partial charge < -0.3 is 29.7 Å². The fourth-order valence-electron chi connectivity index (χ4n) is 8.76. The van der Waals surface area contributed by atoms with E-state index >= 15 is 0 Å². The number of carbonyl (C=O) groups is 1. The highest BCUT2D eigenvalue weighted by Gasteiger charge is 2.41. The molecule has 4 fully saturated rings. The van der Waals surface area contributed by atoms with Crippen LogP contribution in [0.25, 0.3) is 11.9 Å². The van der Waals surface area contributed by atoms with Crippen molar-refractivity contribution in [3.63, 3.8) is 0 Å². The SMILES string of the molecule is Cc1cc(C)n(-c2nc(NC3CCC(F)(F)CC3)cc([C@H]3COCC[C@H]3O)n2)n1.Cc1cc(C)n(-c2nc([C@H]3COCC[C@H]3O)cc(N(C(=O)OC(C)(C)C)C3CCC(F)(F)CC3)n2)n1. The van der Waals surface area contributed by atoms with Crippen molar-refractivity contribution < 1.29 is 46.8 Å². The molecule has 20 heteroatoms. The number of nitrogens with one attached hydrogen (secondary N) is 1. The average molecular weight is 915 g/mol. The second-order valence-corrected chi connectivity index (χ2v) is 18.9. The molecule has 8 rings (SSSR count). The van der Waals surface area contributed by atoms with Crippen LogP contribution in [0.1, 0.15) is 131 Å². The highest BCUT2D eigenvalue weighted by molar-refractivity contribution is 5.87. The maximum atomic E-state index is 14.0. The molecule has 0 radical (unpaired) electrons. The molecule has 6 heterocycles. The quantitative estimate of drug-likeness (QED) is 0.147. The second-order valence-electron chi connectivity index (χ2n) is 18.9.